The van der Waals surface area contributed by atoms with E-state index in [1.807, 2.05) is 6.07 Å². The second kappa shape index (κ2) is 3.62. The van der Waals surface area contributed by atoms with Crippen molar-refractivity contribution >= 4 is 0 Å². The summed E-state index contributed by atoms with van der Waals surface area (Å²) in [6, 6.07) is 6.77. The number of nitrogens with zero attached hydrogens (tertiary/aromatic N) is 1. The van der Waals surface area contributed by atoms with Gasteiger partial charge in [-0.05, 0) is 18.2 Å². The number of hydrogen-bond donors (Lipinski definition) is 0. The van der Waals surface area contributed by atoms with Gasteiger partial charge in [0.25, 0.3) is 0 Å². The number of rotatable bonds is 1. The van der Waals surface area contributed by atoms with Gasteiger partial charge in [0.1, 0.15) is 0 Å². The number of hydrogen-bond acceptors (Lipinski definition) is 5. The van der Waals surface area contributed by atoms with Crippen LogP contribution >= 0.6 is 0 Å². The van der Waals surface area contributed by atoms with E-state index in [9.17, 15) is 4.79 Å². The molecule has 0 spiro atoms. The molecule has 0 amide bonds. The molecule has 86 valence electrons. The van der Waals surface area contributed by atoms with Crippen molar-refractivity contribution < 1.29 is 13.9 Å². The van der Waals surface area contributed by atoms with Gasteiger partial charge in [-0.25, -0.2) is 9.78 Å². The maximum Gasteiger partial charge on any atom is 0.339 e. The molecule has 5 heteroatoms. The minimum atomic E-state index is -0.412. The molecule has 5 nitrogen and oxygen atoms in total. The van der Waals surface area contributed by atoms with Gasteiger partial charge in [0.2, 0.25) is 6.79 Å². The van der Waals surface area contributed by atoms with Gasteiger partial charge in [-0.2, -0.15) is 0 Å². The Morgan fingerprint density at radius 1 is 1.18 bits per heavy atom. The predicted octanol–water partition coefficient (Wildman–Crippen LogP) is 1.74. The molecule has 0 saturated carbocycles. The van der Waals surface area contributed by atoms with Crippen molar-refractivity contribution in [3.05, 3.63) is 40.6 Å². The summed E-state index contributed by atoms with van der Waals surface area (Å²) >= 11 is 0. The third kappa shape index (κ3) is 1.75. The maximum absolute atomic E-state index is 11.3. The Kier molecular flexibility index (Phi) is 2.11. The molecule has 17 heavy (non-hydrogen) atoms. The molecule has 2 aromatic rings. The lowest BCUT2D eigenvalue weighted by molar-refractivity contribution is 0.174. The molecule has 3 rings (SSSR count). The molecule has 1 aliphatic heterocycles. The van der Waals surface area contributed by atoms with E-state index in [0.717, 1.165) is 5.56 Å². The van der Waals surface area contributed by atoms with Gasteiger partial charge in [-0.3, -0.25) is 0 Å². The van der Waals surface area contributed by atoms with Gasteiger partial charge in [0, 0.05) is 12.5 Å². The molecule has 0 radical (unpaired) electrons. The first-order valence-electron chi connectivity index (χ1n) is 5.11. The number of benzene rings is 1. The Balaban J connectivity index is 2.12. The van der Waals surface area contributed by atoms with Crippen molar-refractivity contribution in [3.8, 4) is 22.8 Å². The van der Waals surface area contributed by atoms with Crippen LogP contribution in [0.2, 0.25) is 0 Å². The monoisotopic (exact) mass is 231 g/mol. The Morgan fingerprint density at radius 2 is 2.00 bits per heavy atom. The third-order valence-electron chi connectivity index (χ3n) is 2.45. The van der Waals surface area contributed by atoms with Gasteiger partial charge < -0.3 is 13.9 Å². The fourth-order valence-corrected chi connectivity index (χ4v) is 1.72. The summed E-state index contributed by atoms with van der Waals surface area (Å²) in [5.74, 6) is 1.70. The molecule has 0 N–H and O–H groups in total. The lowest BCUT2D eigenvalue weighted by atomic mass is 10.1. The summed E-state index contributed by atoms with van der Waals surface area (Å²) in [5, 5.41) is 0. The summed E-state index contributed by atoms with van der Waals surface area (Å²) in [4.78, 5) is 15.4. The summed E-state index contributed by atoms with van der Waals surface area (Å²) in [5.41, 5.74) is 0.951. The van der Waals surface area contributed by atoms with E-state index in [2.05, 4.69) is 4.98 Å². The quantitative estimate of drug-likeness (QED) is 0.748. The fraction of sp³-hybridized carbons (Fsp3) is 0.167. The average Bonchev–Trinajstić information content (AvgIpc) is 2.74. The van der Waals surface area contributed by atoms with E-state index in [1.165, 1.54) is 6.07 Å². The van der Waals surface area contributed by atoms with E-state index in [4.69, 9.17) is 13.9 Å². The maximum atomic E-state index is 11.3. The highest BCUT2D eigenvalue weighted by Gasteiger charge is 2.14. The van der Waals surface area contributed by atoms with Gasteiger partial charge in [0.15, 0.2) is 17.4 Å². The zero-order chi connectivity index (χ0) is 11.8. The smallest absolute Gasteiger partial charge is 0.339 e. The van der Waals surface area contributed by atoms with Crippen LogP contribution in [-0.2, 0) is 0 Å². The zero-order valence-corrected chi connectivity index (χ0v) is 9.10. The molecule has 1 aromatic heterocycles. The van der Waals surface area contributed by atoms with Crippen molar-refractivity contribution in [2.24, 2.45) is 0 Å². The fourth-order valence-electron chi connectivity index (χ4n) is 1.72. The Morgan fingerprint density at radius 3 is 2.82 bits per heavy atom. The number of aromatic nitrogens is 1. The first kappa shape index (κ1) is 9.89. The first-order chi connectivity index (χ1) is 8.22. The molecule has 1 aliphatic rings. The van der Waals surface area contributed by atoms with Gasteiger partial charge >= 0.3 is 5.63 Å². The number of ether oxygens (including phenoxy) is 2. The van der Waals surface area contributed by atoms with Crippen LogP contribution in [0.5, 0.6) is 11.5 Å². The highest BCUT2D eigenvalue weighted by molar-refractivity contribution is 5.63. The van der Waals surface area contributed by atoms with Gasteiger partial charge in [-0.15, -0.1) is 0 Å². The van der Waals surface area contributed by atoms with Crippen LogP contribution < -0.4 is 15.1 Å². The van der Waals surface area contributed by atoms with Gasteiger partial charge in [0.05, 0.1) is 11.8 Å². The largest absolute Gasteiger partial charge is 0.454 e. The summed E-state index contributed by atoms with van der Waals surface area (Å²) < 4.78 is 15.3. The molecule has 0 unspecified atom stereocenters. The lowest BCUT2D eigenvalue weighted by Gasteiger charge is -2.02. The number of aryl methyl sites for hydroxylation is 1. The van der Waals surface area contributed by atoms with Crippen molar-refractivity contribution in [3.63, 3.8) is 0 Å². The van der Waals surface area contributed by atoms with Crippen molar-refractivity contribution in [1.82, 2.24) is 4.98 Å². The van der Waals surface area contributed by atoms with Crippen LogP contribution in [0.4, 0.5) is 0 Å². The molecular formula is C12H9NO4. The number of fused-ring (bicyclic) bond motifs is 1. The van der Waals surface area contributed by atoms with E-state index in [1.54, 1.807) is 19.1 Å². The standard InChI is InChI=1S/C12H9NO4/c1-7-13-9(5-12(14)17-7)8-2-3-10-11(4-8)16-6-15-10/h2-5H,6H2,1H3. The second-order valence-corrected chi connectivity index (χ2v) is 3.65. The molecule has 0 bridgehead atoms. The molecule has 1 aromatic carbocycles. The van der Waals surface area contributed by atoms with Crippen LogP contribution in [-0.4, -0.2) is 11.8 Å². The van der Waals surface area contributed by atoms with Crippen molar-refractivity contribution in [1.29, 1.82) is 0 Å². The molecular weight excluding hydrogens is 222 g/mol. The lowest BCUT2D eigenvalue weighted by Crippen LogP contribution is -2.01. The topological polar surface area (TPSA) is 61.6 Å². The normalized spacial score (nSPS) is 12.8. The molecule has 0 fully saturated rings. The molecule has 0 atom stereocenters. The highest BCUT2D eigenvalue weighted by Crippen LogP contribution is 2.35. The van der Waals surface area contributed by atoms with Crippen LogP contribution in [0.3, 0.4) is 0 Å². The minimum absolute atomic E-state index is 0.224. The van der Waals surface area contributed by atoms with Crippen LogP contribution in [0.15, 0.2) is 33.5 Å². The van der Waals surface area contributed by atoms with Gasteiger partial charge in [-0.1, -0.05) is 0 Å². The SMILES string of the molecule is Cc1nc(-c2ccc3c(c2)OCO3)cc(=O)o1. The Hall–Kier alpha value is -2.30. The summed E-state index contributed by atoms with van der Waals surface area (Å²) in [7, 11) is 0. The van der Waals surface area contributed by atoms with E-state index < -0.39 is 5.63 Å². The Bertz CT molecular complexity index is 633. The summed E-state index contributed by atoms with van der Waals surface area (Å²) in [6.45, 7) is 1.86. The Labute approximate surface area is 96.6 Å². The van der Waals surface area contributed by atoms with Crippen molar-refractivity contribution in [2.75, 3.05) is 6.79 Å². The second-order valence-electron chi connectivity index (χ2n) is 3.65. The predicted molar refractivity (Wildman–Crippen MR) is 59.1 cm³/mol. The average molecular weight is 231 g/mol. The first-order valence-corrected chi connectivity index (χ1v) is 5.11. The summed E-state index contributed by atoms with van der Waals surface area (Å²) in [6.07, 6.45) is 0. The van der Waals surface area contributed by atoms with Crippen LogP contribution in [0, 0.1) is 6.92 Å². The van der Waals surface area contributed by atoms with Crippen molar-refractivity contribution in [2.45, 2.75) is 6.92 Å². The zero-order valence-electron chi connectivity index (χ0n) is 9.10. The highest BCUT2D eigenvalue weighted by atomic mass is 16.7. The molecule has 0 saturated heterocycles. The van der Waals surface area contributed by atoms with E-state index in [0.29, 0.717) is 23.1 Å². The van der Waals surface area contributed by atoms with E-state index >= 15 is 0 Å². The minimum Gasteiger partial charge on any atom is -0.454 e. The molecule has 0 aliphatic carbocycles. The van der Waals surface area contributed by atoms with Crippen LogP contribution in [0.25, 0.3) is 11.3 Å². The third-order valence-corrected chi connectivity index (χ3v) is 2.45. The van der Waals surface area contributed by atoms with E-state index in [-0.39, 0.29) is 6.79 Å². The molecule has 2 heterocycles. The van der Waals surface area contributed by atoms with Crippen LogP contribution in [0.1, 0.15) is 5.89 Å².